The average molecular weight is 445 g/mol. The Bertz CT molecular complexity index is 769. The van der Waals surface area contributed by atoms with Gasteiger partial charge in [0.1, 0.15) is 5.75 Å². The molecular formula is C18H25BrN2O4S. The lowest BCUT2D eigenvalue weighted by Crippen LogP contribution is -2.52. The molecule has 1 N–H and O–H groups in total. The Kier molecular flexibility index (Phi) is 5.94. The number of carbonyl (C=O) groups is 1. The summed E-state index contributed by atoms with van der Waals surface area (Å²) in [7, 11) is -1.54. The van der Waals surface area contributed by atoms with Gasteiger partial charge in [-0.3, -0.25) is 4.79 Å². The highest BCUT2D eigenvalue weighted by atomic mass is 79.9. The van der Waals surface area contributed by atoms with Crippen LogP contribution in [0.2, 0.25) is 0 Å². The number of ether oxygens (including phenoxy) is 1. The van der Waals surface area contributed by atoms with Gasteiger partial charge in [0.25, 0.3) is 0 Å². The zero-order valence-corrected chi connectivity index (χ0v) is 17.5. The highest BCUT2D eigenvalue weighted by Gasteiger charge is 2.45. The van der Waals surface area contributed by atoms with Crippen molar-refractivity contribution in [2.45, 2.75) is 56.7 Å². The van der Waals surface area contributed by atoms with Crippen LogP contribution in [-0.2, 0) is 21.2 Å². The van der Waals surface area contributed by atoms with Crippen molar-refractivity contribution in [3.63, 3.8) is 0 Å². The summed E-state index contributed by atoms with van der Waals surface area (Å²) in [6.07, 6.45) is 5.56. The van der Waals surface area contributed by atoms with Crippen LogP contribution >= 0.6 is 15.9 Å². The third kappa shape index (κ3) is 4.40. The Morgan fingerprint density at radius 1 is 1.31 bits per heavy atom. The number of benzene rings is 1. The van der Waals surface area contributed by atoms with E-state index in [9.17, 15) is 13.2 Å². The van der Waals surface area contributed by atoms with Gasteiger partial charge in [0.2, 0.25) is 15.9 Å². The number of sulfonamides is 1. The Labute approximate surface area is 163 Å². The molecule has 0 aliphatic carbocycles. The van der Waals surface area contributed by atoms with Crippen LogP contribution in [0, 0.1) is 0 Å². The van der Waals surface area contributed by atoms with E-state index in [1.54, 1.807) is 11.4 Å². The predicted octanol–water partition coefficient (Wildman–Crippen LogP) is 2.46. The van der Waals surface area contributed by atoms with Crippen molar-refractivity contribution in [3.05, 3.63) is 28.2 Å². The molecule has 0 saturated carbocycles. The lowest BCUT2D eigenvalue weighted by molar-refractivity contribution is -0.122. The summed E-state index contributed by atoms with van der Waals surface area (Å²) in [6, 6.07) is 5.95. The van der Waals surface area contributed by atoms with Gasteiger partial charge in [0.05, 0.1) is 17.8 Å². The number of hydrogen-bond donors (Lipinski definition) is 1. The van der Waals surface area contributed by atoms with E-state index >= 15 is 0 Å². The number of piperidine rings is 1. The Morgan fingerprint density at radius 2 is 1.96 bits per heavy atom. The fourth-order valence-corrected chi connectivity index (χ4v) is 6.27. The molecule has 26 heavy (non-hydrogen) atoms. The number of rotatable bonds is 6. The maximum Gasteiger partial charge on any atom is 0.220 e. The molecule has 0 spiro atoms. The van der Waals surface area contributed by atoms with Crippen molar-refractivity contribution >= 4 is 31.9 Å². The van der Waals surface area contributed by atoms with Crippen molar-refractivity contribution in [3.8, 4) is 5.75 Å². The molecule has 2 aliphatic rings. The number of aryl methyl sites for hydroxylation is 1. The molecule has 3 rings (SSSR count). The highest BCUT2D eigenvalue weighted by molar-refractivity contribution is 9.10. The number of halogens is 1. The molecule has 1 aromatic carbocycles. The van der Waals surface area contributed by atoms with Crippen molar-refractivity contribution in [1.82, 2.24) is 9.62 Å². The Balaban J connectivity index is 1.51. The molecular weight excluding hydrogens is 420 g/mol. The van der Waals surface area contributed by atoms with Gasteiger partial charge in [-0.2, -0.15) is 4.31 Å². The van der Waals surface area contributed by atoms with E-state index in [1.165, 1.54) is 6.26 Å². The molecule has 2 bridgehead atoms. The molecule has 1 amide bonds. The van der Waals surface area contributed by atoms with E-state index in [-0.39, 0.29) is 24.0 Å². The van der Waals surface area contributed by atoms with Crippen molar-refractivity contribution in [2.24, 2.45) is 0 Å². The van der Waals surface area contributed by atoms with Crippen LogP contribution in [0.3, 0.4) is 0 Å². The number of nitrogens with one attached hydrogen (secondary N) is 1. The molecule has 144 valence electrons. The van der Waals surface area contributed by atoms with E-state index in [0.29, 0.717) is 25.7 Å². The zero-order valence-electron chi connectivity index (χ0n) is 15.1. The highest BCUT2D eigenvalue weighted by Crippen LogP contribution is 2.37. The quantitative estimate of drug-likeness (QED) is 0.730. The van der Waals surface area contributed by atoms with Crippen LogP contribution < -0.4 is 10.1 Å². The summed E-state index contributed by atoms with van der Waals surface area (Å²) in [5, 5.41) is 3.10. The molecule has 2 heterocycles. The smallest absolute Gasteiger partial charge is 0.220 e. The van der Waals surface area contributed by atoms with Crippen LogP contribution in [-0.4, -0.2) is 50.1 Å². The molecule has 6 nitrogen and oxygen atoms in total. The first-order valence-corrected chi connectivity index (χ1v) is 11.5. The van der Waals surface area contributed by atoms with Gasteiger partial charge in [-0.25, -0.2) is 8.42 Å². The lowest BCUT2D eigenvalue weighted by Gasteiger charge is -2.37. The van der Waals surface area contributed by atoms with E-state index in [4.69, 9.17) is 4.74 Å². The number of hydrogen-bond acceptors (Lipinski definition) is 4. The number of methoxy groups -OCH3 is 1. The topological polar surface area (TPSA) is 75.7 Å². The first kappa shape index (κ1) is 19.6. The summed E-state index contributed by atoms with van der Waals surface area (Å²) in [4.78, 5) is 12.3. The fourth-order valence-electron chi connectivity index (χ4n) is 4.22. The van der Waals surface area contributed by atoms with E-state index in [0.717, 1.165) is 28.6 Å². The van der Waals surface area contributed by atoms with Crippen molar-refractivity contribution < 1.29 is 17.9 Å². The molecule has 0 aromatic heterocycles. The number of carbonyl (C=O) groups excluding carboxylic acids is 1. The second kappa shape index (κ2) is 7.86. The van der Waals surface area contributed by atoms with Crippen LogP contribution in [0.4, 0.5) is 0 Å². The minimum absolute atomic E-state index is 0.0224. The largest absolute Gasteiger partial charge is 0.496 e. The van der Waals surface area contributed by atoms with E-state index < -0.39 is 10.0 Å². The van der Waals surface area contributed by atoms with Crippen LogP contribution in [0.25, 0.3) is 0 Å². The monoisotopic (exact) mass is 444 g/mol. The molecule has 2 saturated heterocycles. The molecule has 8 heteroatoms. The van der Waals surface area contributed by atoms with Gasteiger partial charge in [-0.1, -0.05) is 6.07 Å². The van der Waals surface area contributed by atoms with Crippen LogP contribution in [0.5, 0.6) is 5.75 Å². The molecule has 1 aromatic rings. The van der Waals surface area contributed by atoms with Gasteiger partial charge in [-0.15, -0.1) is 0 Å². The lowest BCUT2D eigenvalue weighted by atomic mass is 9.99. The minimum atomic E-state index is -3.16. The minimum Gasteiger partial charge on any atom is -0.496 e. The number of fused-ring (bicyclic) bond motifs is 2. The second-order valence-electron chi connectivity index (χ2n) is 7.18. The summed E-state index contributed by atoms with van der Waals surface area (Å²) in [5.41, 5.74) is 1.07. The molecule has 0 radical (unpaired) electrons. The van der Waals surface area contributed by atoms with Gasteiger partial charge in [-0.05, 0) is 65.7 Å². The predicted molar refractivity (Wildman–Crippen MR) is 104 cm³/mol. The second-order valence-corrected chi connectivity index (χ2v) is 9.92. The third-order valence-corrected chi connectivity index (χ3v) is 7.25. The molecule has 2 fully saturated rings. The van der Waals surface area contributed by atoms with Gasteiger partial charge in [0.15, 0.2) is 0 Å². The Hall–Kier alpha value is -1.12. The maximum atomic E-state index is 12.3. The standard InChI is InChI=1S/C18H25BrN2O4S/c1-25-17-7-3-12(9-16(17)19)4-8-18(22)20-13-10-14-5-6-15(11-13)21(14)26(2,23)24/h3,7,9,13-15H,4-6,8,10-11H2,1-2H3,(H,20,22). The summed E-state index contributed by atoms with van der Waals surface area (Å²) in [5.74, 6) is 0.792. The van der Waals surface area contributed by atoms with E-state index in [2.05, 4.69) is 21.2 Å². The number of nitrogens with zero attached hydrogens (tertiary/aromatic N) is 1. The van der Waals surface area contributed by atoms with E-state index in [1.807, 2.05) is 18.2 Å². The summed E-state index contributed by atoms with van der Waals surface area (Å²) >= 11 is 3.46. The van der Waals surface area contributed by atoms with Crippen LogP contribution in [0.15, 0.2) is 22.7 Å². The first-order valence-electron chi connectivity index (χ1n) is 8.88. The average Bonchev–Trinajstić information content (AvgIpc) is 2.85. The third-order valence-electron chi connectivity index (χ3n) is 5.27. The van der Waals surface area contributed by atoms with Crippen LogP contribution in [0.1, 0.15) is 37.7 Å². The summed E-state index contributed by atoms with van der Waals surface area (Å²) in [6.45, 7) is 0. The van der Waals surface area contributed by atoms with Gasteiger partial charge in [0, 0.05) is 24.5 Å². The fraction of sp³-hybridized carbons (Fsp3) is 0.611. The molecule has 2 atom stereocenters. The molecule has 2 aliphatic heterocycles. The first-order chi connectivity index (χ1) is 12.3. The van der Waals surface area contributed by atoms with Crippen molar-refractivity contribution in [2.75, 3.05) is 13.4 Å². The Morgan fingerprint density at radius 3 is 2.50 bits per heavy atom. The SMILES string of the molecule is COc1ccc(CCC(=O)NC2CC3CCC(C2)N3S(C)(=O)=O)cc1Br. The van der Waals surface area contributed by atoms with Gasteiger partial charge >= 0.3 is 0 Å². The number of amides is 1. The van der Waals surface area contributed by atoms with Gasteiger partial charge < -0.3 is 10.1 Å². The molecule has 2 unspecified atom stereocenters. The zero-order chi connectivity index (χ0) is 18.9. The maximum absolute atomic E-state index is 12.3. The summed E-state index contributed by atoms with van der Waals surface area (Å²) < 4.78 is 31.6. The normalized spacial score (nSPS) is 25.9. The van der Waals surface area contributed by atoms with Crippen molar-refractivity contribution in [1.29, 1.82) is 0 Å².